The van der Waals surface area contributed by atoms with Crippen LogP contribution in [0, 0.1) is 6.07 Å². The maximum absolute atomic E-state index is 5.60. The molecular weight excluding hydrogens is 240 g/mol. The molecule has 0 fully saturated rings. The molecule has 2 heteroatoms. The minimum atomic E-state index is 0.797. The molecule has 1 nitrogen and oxygen atoms in total. The highest BCUT2D eigenvalue weighted by Crippen LogP contribution is 2.23. The van der Waals surface area contributed by atoms with Crippen LogP contribution in [-0.2, 0) is 0 Å². The first-order valence-corrected chi connectivity index (χ1v) is 5.03. The number of hydrogen-bond donors (Lipinski definition) is 0. The van der Waals surface area contributed by atoms with E-state index in [1.165, 1.54) is 0 Å². The van der Waals surface area contributed by atoms with Gasteiger partial charge in [0.1, 0.15) is 11.5 Å². The van der Waals surface area contributed by atoms with Gasteiger partial charge in [-0.15, -0.1) is 0 Å². The molecule has 0 atom stereocenters. The summed E-state index contributed by atoms with van der Waals surface area (Å²) < 4.78 is 6.61. The summed E-state index contributed by atoms with van der Waals surface area (Å²) >= 11 is 3.39. The van der Waals surface area contributed by atoms with Crippen LogP contribution in [0.25, 0.3) is 0 Å². The first-order valence-electron chi connectivity index (χ1n) is 4.24. The zero-order chi connectivity index (χ0) is 9.80. The molecule has 69 valence electrons. The second-order valence-corrected chi connectivity index (χ2v) is 3.71. The maximum atomic E-state index is 5.60. The average Bonchev–Trinajstić information content (AvgIpc) is 2.19. The van der Waals surface area contributed by atoms with E-state index in [9.17, 15) is 0 Å². The topological polar surface area (TPSA) is 9.23 Å². The fourth-order valence-electron chi connectivity index (χ4n) is 1.11. The van der Waals surface area contributed by atoms with E-state index in [1.807, 2.05) is 42.5 Å². The molecule has 0 bridgehead atoms. The van der Waals surface area contributed by atoms with Crippen molar-refractivity contribution in [2.24, 2.45) is 0 Å². The van der Waals surface area contributed by atoms with Crippen LogP contribution in [0.15, 0.2) is 53.0 Å². The second kappa shape index (κ2) is 4.29. The van der Waals surface area contributed by atoms with Gasteiger partial charge in [0.05, 0.1) is 0 Å². The molecule has 0 N–H and O–H groups in total. The van der Waals surface area contributed by atoms with Gasteiger partial charge < -0.3 is 4.74 Å². The lowest BCUT2D eigenvalue weighted by atomic mass is 10.3. The van der Waals surface area contributed by atoms with Crippen molar-refractivity contribution < 1.29 is 4.74 Å². The highest BCUT2D eigenvalue weighted by molar-refractivity contribution is 9.10. The van der Waals surface area contributed by atoms with Crippen molar-refractivity contribution in [2.45, 2.75) is 0 Å². The molecule has 0 heterocycles. The fraction of sp³-hybridized carbons (Fsp3) is 0. The average molecular weight is 248 g/mol. The number of hydrogen-bond acceptors (Lipinski definition) is 1. The smallest absolute Gasteiger partial charge is 0.128 e. The molecule has 0 aromatic heterocycles. The lowest BCUT2D eigenvalue weighted by molar-refractivity contribution is 0.482. The van der Waals surface area contributed by atoms with Crippen molar-refractivity contribution in [1.82, 2.24) is 0 Å². The predicted octanol–water partition coefficient (Wildman–Crippen LogP) is 4.04. The molecular formula is C12H8BrO. The van der Waals surface area contributed by atoms with Gasteiger partial charge in [-0.1, -0.05) is 34.1 Å². The number of benzene rings is 2. The molecule has 0 aliphatic heterocycles. The molecule has 2 aromatic carbocycles. The SMILES string of the molecule is Brc1cccc(Oc2c[c]ccc2)c1. The Labute approximate surface area is 91.5 Å². The first-order chi connectivity index (χ1) is 6.84. The fourth-order valence-corrected chi connectivity index (χ4v) is 1.49. The quantitative estimate of drug-likeness (QED) is 0.779. The summed E-state index contributed by atoms with van der Waals surface area (Å²) in [5, 5.41) is 0. The Morgan fingerprint density at radius 3 is 2.64 bits per heavy atom. The Morgan fingerprint density at radius 1 is 1.07 bits per heavy atom. The maximum Gasteiger partial charge on any atom is 0.128 e. The molecule has 0 aliphatic carbocycles. The summed E-state index contributed by atoms with van der Waals surface area (Å²) in [6, 6.07) is 18.1. The lowest BCUT2D eigenvalue weighted by Crippen LogP contribution is -1.82. The monoisotopic (exact) mass is 247 g/mol. The zero-order valence-electron chi connectivity index (χ0n) is 7.41. The Balaban J connectivity index is 2.19. The Morgan fingerprint density at radius 2 is 1.93 bits per heavy atom. The van der Waals surface area contributed by atoms with E-state index in [0.717, 1.165) is 16.0 Å². The summed E-state index contributed by atoms with van der Waals surface area (Å²) in [6.45, 7) is 0. The molecule has 14 heavy (non-hydrogen) atoms. The van der Waals surface area contributed by atoms with Crippen molar-refractivity contribution in [3.63, 3.8) is 0 Å². The Hall–Kier alpha value is -1.28. The largest absolute Gasteiger partial charge is 0.457 e. The van der Waals surface area contributed by atoms with E-state index in [4.69, 9.17) is 4.74 Å². The van der Waals surface area contributed by atoms with Crippen molar-refractivity contribution in [3.8, 4) is 11.5 Å². The van der Waals surface area contributed by atoms with Gasteiger partial charge in [0.2, 0.25) is 0 Å². The van der Waals surface area contributed by atoms with E-state index in [2.05, 4.69) is 22.0 Å². The number of ether oxygens (including phenoxy) is 1. The molecule has 0 saturated carbocycles. The van der Waals surface area contributed by atoms with Gasteiger partial charge in [-0.05, 0) is 36.4 Å². The van der Waals surface area contributed by atoms with Crippen molar-refractivity contribution in [1.29, 1.82) is 0 Å². The van der Waals surface area contributed by atoms with E-state index in [-0.39, 0.29) is 0 Å². The third-order valence-corrected chi connectivity index (χ3v) is 2.20. The van der Waals surface area contributed by atoms with Crippen LogP contribution in [0.2, 0.25) is 0 Å². The Kier molecular flexibility index (Phi) is 2.84. The highest BCUT2D eigenvalue weighted by Gasteiger charge is 1.95. The summed E-state index contributed by atoms with van der Waals surface area (Å²) in [5.41, 5.74) is 0. The van der Waals surface area contributed by atoms with E-state index in [1.54, 1.807) is 6.07 Å². The van der Waals surface area contributed by atoms with Gasteiger partial charge in [-0.2, -0.15) is 0 Å². The second-order valence-electron chi connectivity index (χ2n) is 2.80. The first kappa shape index (κ1) is 9.28. The number of halogens is 1. The van der Waals surface area contributed by atoms with Gasteiger partial charge in [-0.3, -0.25) is 0 Å². The van der Waals surface area contributed by atoms with Crippen LogP contribution < -0.4 is 4.74 Å². The highest BCUT2D eigenvalue weighted by atomic mass is 79.9. The van der Waals surface area contributed by atoms with E-state index >= 15 is 0 Å². The molecule has 2 aromatic rings. The van der Waals surface area contributed by atoms with Crippen LogP contribution >= 0.6 is 15.9 Å². The molecule has 0 amide bonds. The molecule has 0 unspecified atom stereocenters. The van der Waals surface area contributed by atoms with E-state index in [0.29, 0.717) is 0 Å². The summed E-state index contributed by atoms with van der Waals surface area (Å²) in [5.74, 6) is 1.62. The van der Waals surface area contributed by atoms with E-state index < -0.39 is 0 Å². The van der Waals surface area contributed by atoms with Crippen molar-refractivity contribution >= 4 is 15.9 Å². The normalized spacial score (nSPS) is 9.79. The van der Waals surface area contributed by atoms with Gasteiger partial charge >= 0.3 is 0 Å². The molecule has 1 radical (unpaired) electrons. The lowest BCUT2D eigenvalue weighted by Gasteiger charge is -2.04. The third-order valence-electron chi connectivity index (χ3n) is 1.71. The third kappa shape index (κ3) is 2.36. The van der Waals surface area contributed by atoms with Crippen LogP contribution in [0.5, 0.6) is 11.5 Å². The summed E-state index contributed by atoms with van der Waals surface area (Å²) in [4.78, 5) is 0. The van der Waals surface area contributed by atoms with Crippen LogP contribution in [0.3, 0.4) is 0 Å². The summed E-state index contributed by atoms with van der Waals surface area (Å²) in [6.07, 6.45) is 0. The molecule has 0 saturated heterocycles. The predicted molar refractivity (Wildman–Crippen MR) is 59.5 cm³/mol. The van der Waals surface area contributed by atoms with Crippen LogP contribution in [0.4, 0.5) is 0 Å². The van der Waals surface area contributed by atoms with Crippen LogP contribution in [-0.4, -0.2) is 0 Å². The van der Waals surface area contributed by atoms with Crippen LogP contribution in [0.1, 0.15) is 0 Å². The van der Waals surface area contributed by atoms with Gasteiger partial charge in [0.15, 0.2) is 0 Å². The van der Waals surface area contributed by atoms with Gasteiger partial charge in [0, 0.05) is 4.47 Å². The number of rotatable bonds is 2. The minimum Gasteiger partial charge on any atom is -0.457 e. The van der Waals surface area contributed by atoms with Crippen molar-refractivity contribution in [3.05, 3.63) is 59.1 Å². The molecule has 2 rings (SSSR count). The zero-order valence-corrected chi connectivity index (χ0v) is 8.99. The van der Waals surface area contributed by atoms with Gasteiger partial charge in [0.25, 0.3) is 0 Å². The minimum absolute atomic E-state index is 0.797. The van der Waals surface area contributed by atoms with Crippen molar-refractivity contribution in [2.75, 3.05) is 0 Å². The summed E-state index contributed by atoms with van der Waals surface area (Å²) in [7, 11) is 0. The van der Waals surface area contributed by atoms with Gasteiger partial charge in [-0.25, -0.2) is 0 Å². The molecule has 0 aliphatic rings. The standard InChI is InChI=1S/C12H8BrO/c13-10-5-4-8-12(9-10)14-11-6-2-1-3-7-11/h1-2,4-9H. The molecule has 0 spiro atoms. The Bertz CT molecular complexity index is 412.